The van der Waals surface area contributed by atoms with Crippen molar-refractivity contribution in [3.8, 4) is 5.75 Å². The lowest BCUT2D eigenvalue weighted by Crippen LogP contribution is -2.58. The number of primary amides is 1. The lowest BCUT2D eigenvalue weighted by molar-refractivity contribution is -0.143. The van der Waals surface area contributed by atoms with Gasteiger partial charge in [-0.2, -0.15) is 0 Å². The molecule has 6 N–H and O–H groups in total. The van der Waals surface area contributed by atoms with Crippen molar-refractivity contribution in [1.29, 1.82) is 0 Å². The van der Waals surface area contributed by atoms with Crippen LogP contribution in [0.5, 0.6) is 5.75 Å². The molecule has 0 aromatic heterocycles. The number of benzene rings is 1. The second-order valence-corrected chi connectivity index (χ2v) is 12.5. The topological polar surface area (TPSA) is 203 Å². The smallest absolute Gasteiger partial charge is 0.408 e. The van der Waals surface area contributed by atoms with Crippen molar-refractivity contribution < 1.29 is 43.3 Å². The van der Waals surface area contributed by atoms with Crippen molar-refractivity contribution in [2.45, 2.75) is 105 Å². The monoisotopic (exact) mass is 606 g/mol. The maximum Gasteiger partial charge on any atom is 0.408 e. The Morgan fingerprint density at radius 3 is 1.93 bits per heavy atom. The zero-order chi connectivity index (χ0) is 33.1. The summed E-state index contributed by atoms with van der Waals surface area (Å²) in [7, 11) is 0. The van der Waals surface area contributed by atoms with Gasteiger partial charge in [0.15, 0.2) is 0 Å². The quantitative estimate of drug-likeness (QED) is 0.156. The first-order valence-electron chi connectivity index (χ1n) is 14.2. The highest BCUT2D eigenvalue weighted by Gasteiger charge is 2.33. The number of carbonyl (C=O) groups is 6. The van der Waals surface area contributed by atoms with Gasteiger partial charge < -0.3 is 36.3 Å². The first-order valence-corrected chi connectivity index (χ1v) is 14.2. The molecule has 240 valence electrons. The molecule has 1 aromatic rings. The van der Waals surface area contributed by atoms with Crippen molar-refractivity contribution in [2.75, 3.05) is 0 Å². The van der Waals surface area contributed by atoms with Crippen molar-refractivity contribution in [3.05, 3.63) is 29.8 Å². The molecule has 13 nitrogen and oxygen atoms in total. The first-order chi connectivity index (χ1) is 19.7. The molecule has 0 radical (unpaired) electrons. The minimum absolute atomic E-state index is 0.0101. The largest absolute Gasteiger partial charge is 0.480 e. The van der Waals surface area contributed by atoms with Crippen LogP contribution in [0.15, 0.2) is 24.3 Å². The van der Waals surface area contributed by atoms with Crippen molar-refractivity contribution in [1.82, 2.24) is 16.0 Å². The van der Waals surface area contributed by atoms with Crippen LogP contribution >= 0.6 is 0 Å². The predicted octanol–water partition coefficient (Wildman–Crippen LogP) is 2.44. The number of rotatable bonds is 14. The molecule has 1 aromatic carbocycles. The molecule has 0 bridgehead atoms. The van der Waals surface area contributed by atoms with Crippen molar-refractivity contribution in [3.63, 3.8) is 0 Å². The molecule has 1 rings (SSSR count). The van der Waals surface area contributed by atoms with Crippen molar-refractivity contribution >= 4 is 35.8 Å². The van der Waals surface area contributed by atoms with Gasteiger partial charge in [0.1, 0.15) is 29.5 Å². The van der Waals surface area contributed by atoms with Gasteiger partial charge in [-0.15, -0.1) is 0 Å². The van der Waals surface area contributed by atoms with Crippen LogP contribution in [0.4, 0.5) is 4.79 Å². The van der Waals surface area contributed by atoms with Crippen LogP contribution in [0, 0.1) is 11.3 Å². The summed E-state index contributed by atoms with van der Waals surface area (Å²) in [6.45, 7) is 13.7. The summed E-state index contributed by atoms with van der Waals surface area (Å²) < 4.78 is 10.7. The molecule has 0 saturated carbocycles. The molecule has 0 saturated heterocycles. The third kappa shape index (κ3) is 13.6. The molecule has 0 spiro atoms. The lowest BCUT2D eigenvalue weighted by atomic mass is 9.96. The van der Waals surface area contributed by atoms with E-state index < -0.39 is 70.8 Å². The molecular weight excluding hydrogens is 560 g/mol. The minimum atomic E-state index is -1.40. The van der Waals surface area contributed by atoms with Gasteiger partial charge in [-0.05, 0) is 71.6 Å². The van der Waals surface area contributed by atoms with Crippen LogP contribution < -0.4 is 26.4 Å². The van der Waals surface area contributed by atoms with E-state index >= 15 is 0 Å². The molecule has 0 fully saturated rings. The number of carboxylic acid groups (broad SMARTS) is 1. The van der Waals surface area contributed by atoms with E-state index in [1.165, 1.54) is 0 Å². The Balaban J connectivity index is 3.22. The van der Waals surface area contributed by atoms with Crippen LogP contribution in [0.25, 0.3) is 0 Å². The molecule has 43 heavy (non-hydrogen) atoms. The van der Waals surface area contributed by atoms with E-state index in [1.54, 1.807) is 79.7 Å². The molecule has 4 amide bonds. The molecule has 0 aliphatic carbocycles. The number of ether oxygens (including phenoxy) is 2. The highest BCUT2D eigenvalue weighted by molar-refractivity contribution is 5.93. The standard InChI is InChI=1S/C30H46N4O9/c1-9-17(2)23(25(37)32-20(26(38)39)14-15-22(31)35)34-24(36)21(33-28(41)43-30(6,7)8)16-18-10-12-19(13-11-18)42-27(40)29(3,4)5/h10-13,17,20-21,23H,9,14-16H2,1-8H3,(H2,31,35)(H,32,37)(H,33,41)(H,34,36)(H,38,39)/t17-,20+,21-,23+/m1/s1. The summed E-state index contributed by atoms with van der Waals surface area (Å²) in [5, 5.41) is 17.1. The summed E-state index contributed by atoms with van der Waals surface area (Å²) in [6, 6.07) is 2.65. The van der Waals surface area contributed by atoms with Gasteiger partial charge in [0.2, 0.25) is 17.7 Å². The number of amides is 4. The molecule has 0 aliphatic heterocycles. The van der Waals surface area contributed by atoms with Crippen LogP contribution in [0.3, 0.4) is 0 Å². The van der Waals surface area contributed by atoms with Gasteiger partial charge in [0.25, 0.3) is 0 Å². The van der Waals surface area contributed by atoms with Gasteiger partial charge >= 0.3 is 18.0 Å². The summed E-state index contributed by atoms with van der Waals surface area (Å²) in [6.07, 6.45) is -0.889. The Hall–Kier alpha value is -4.16. The average Bonchev–Trinajstić information content (AvgIpc) is 2.87. The zero-order valence-corrected chi connectivity index (χ0v) is 26.2. The van der Waals surface area contributed by atoms with Crippen LogP contribution in [0.1, 0.15) is 80.2 Å². The number of carbonyl (C=O) groups excluding carboxylic acids is 5. The van der Waals surface area contributed by atoms with Gasteiger partial charge in [0, 0.05) is 12.8 Å². The SMILES string of the molecule is CC[C@@H](C)[C@H](NC(=O)[C@@H](Cc1ccc(OC(=O)C(C)(C)C)cc1)NC(=O)OC(C)(C)C)C(=O)N[C@@H](CCC(N)=O)C(=O)O. The fraction of sp³-hybridized carbons (Fsp3) is 0.600. The number of carboxylic acids is 1. The lowest BCUT2D eigenvalue weighted by Gasteiger charge is -2.28. The Morgan fingerprint density at radius 2 is 1.47 bits per heavy atom. The Kier molecular flexibility index (Phi) is 13.6. The van der Waals surface area contributed by atoms with Gasteiger partial charge in [0.05, 0.1) is 5.41 Å². The first kappa shape index (κ1) is 36.9. The fourth-order valence-electron chi connectivity index (χ4n) is 3.61. The van der Waals surface area contributed by atoms with Crippen molar-refractivity contribution in [2.24, 2.45) is 17.1 Å². The van der Waals surface area contributed by atoms with Gasteiger partial charge in [-0.3, -0.25) is 19.2 Å². The molecule has 0 aliphatic rings. The normalized spacial score (nSPS) is 14.3. The second-order valence-electron chi connectivity index (χ2n) is 12.5. The summed E-state index contributed by atoms with van der Waals surface area (Å²) in [5.74, 6) is -4.08. The molecule has 13 heteroatoms. The van der Waals surface area contributed by atoms with E-state index in [9.17, 15) is 33.9 Å². The number of aliphatic carboxylic acids is 1. The van der Waals surface area contributed by atoms with E-state index in [-0.39, 0.29) is 19.3 Å². The van der Waals surface area contributed by atoms with Gasteiger partial charge in [-0.1, -0.05) is 32.4 Å². The number of esters is 1. The number of alkyl carbamates (subject to hydrolysis) is 1. The van der Waals surface area contributed by atoms with E-state index in [4.69, 9.17) is 15.2 Å². The predicted molar refractivity (Wildman–Crippen MR) is 158 cm³/mol. The summed E-state index contributed by atoms with van der Waals surface area (Å²) in [5.41, 5.74) is 4.17. The van der Waals surface area contributed by atoms with Crippen LogP contribution in [-0.2, 0) is 35.1 Å². The molecule has 4 atom stereocenters. The highest BCUT2D eigenvalue weighted by Crippen LogP contribution is 2.20. The van der Waals surface area contributed by atoms with E-state index in [0.717, 1.165) is 0 Å². The number of nitrogens with one attached hydrogen (secondary N) is 3. The fourth-order valence-corrected chi connectivity index (χ4v) is 3.61. The second kappa shape index (κ2) is 15.9. The summed E-state index contributed by atoms with van der Waals surface area (Å²) >= 11 is 0. The third-order valence-corrected chi connectivity index (χ3v) is 6.28. The Morgan fingerprint density at radius 1 is 0.884 bits per heavy atom. The summed E-state index contributed by atoms with van der Waals surface area (Å²) in [4.78, 5) is 74.4. The van der Waals surface area contributed by atoms with E-state index in [0.29, 0.717) is 17.7 Å². The molecule has 0 unspecified atom stereocenters. The Bertz CT molecular complexity index is 1150. The maximum atomic E-state index is 13.5. The van der Waals surface area contributed by atoms with Crippen LogP contribution in [0.2, 0.25) is 0 Å². The van der Waals surface area contributed by atoms with Crippen LogP contribution in [-0.4, -0.2) is 64.6 Å². The number of nitrogens with two attached hydrogens (primary N) is 1. The minimum Gasteiger partial charge on any atom is -0.480 e. The number of hydrogen-bond donors (Lipinski definition) is 5. The molecular formula is C30H46N4O9. The highest BCUT2D eigenvalue weighted by atomic mass is 16.6. The zero-order valence-electron chi connectivity index (χ0n) is 26.2. The number of hydrogen-bond acceptors (Lipinski definition) is 8. The van der Waals surface area contributed by atoms with E-state index in [2.05, 4.69) is 16.0 Å². The maximum absolute atomic E-state index is 13.5. The van der Waals surface area contributed by atoms with Gasteiger partial charge in [-0.25, -0.2) is 9.59 Å². The average molecular weight is 607 g/mol. The Labute approximate surface area is 252 Å². The van der Waals surface area contributed by atoms with E-state index in [1.807, 2.05) is 0 Å². The third-order valence-electron chi connectivity index (χ3n) is 6.28. The molecule has 0 heterocycles.